The van der Waals surface area contributed by atoms with Crippen molar-refractivity contribution in [2.45, 2.75) is 20.4 Å². The minimum absolute atomic E-state index is 0.801. The Morgan fingerprint density at radius 3 is 2.78 bits per heavy atom. The van der Waals surface area contributed by atoms with E-state index in [4.69, 9.17) is 11.6 Å². The van der Waals surface area contributed by atoms with Crippen LogP contribution in [0.15, 0.2) is 24.4 Å². The molecule has 2 aromatic rings. The zero-order valence-corrected chi connectivity index (χ0v) is 11.8. The molecule has 0 saturated carbocycles. The van der Waals surface area contributed by atoms with Crippen molar-refractivity contribution in [1.82, 2.24) is 15.1 Å². The fraction of sp³-hybridized carbons (Fsp3) is 0.357. The number of aryl methyl sites for hydroxylation is 1. The molecule has 3 nitrogen and oxygen atoms in total. The Labute approximate surface area is 113 Å². The summed E-state index contributed by atoms with van der Waals surface area (Å²) in [4.78, 5) is 0. The zero-order valence-electron chi connectivity index (χ0n) is 11.0. The predicted octanol–water partition coefficient (Wildman–Crippen LogP) is 3.04. The van der Waals surface area contributed by atoms with Crippen molar-refractivity contribution in [3.8, 4) is 11.1 Å². The van der Waals surface area contributed by atoms with Gasteiger partial charge >= 0.3 is 0 Å². The Kier molecular flexibility index (Phi) is 4.04. The largest absolute Gasteiger partial charge is 0.318 e. The van der Waals surface area contributed by atoms with Gasteiger partial charge in [0.25, 0.3) is 0 Å². The fourth-order valence-electron chi connectivity index (χ4n) is 2.02. The Hall–Kier alpha value is -1.32. The molecule has 0 fully saturated rings. The Bertz CT molecular complexity index is 546. The van der Waals surface area contributed by atoms with E-state index in [1.165, 1.54) is 0 Å². The molecule has 0 bridgehead atoms. The second-order valence-electron chi connectivity index (χ2n) is 4.41. The van der Waals surface area contributed by atoms with Gasteiger partial charge in [0, 0.05) is 23.3 Å². The van der Waals surface area contributed by atoms with E-state index >= 15 is 0 Å². The minimum Gasteiger partial charge on any atom is -0.318 e. The molecular formula is C14H18ClN3. The highest BCUT2D eigenvalue weighted by molar-refractivity contribution is 6.31. The van der Waals surface area contributed by atoms with Crippen LogP contribution < -0.4 is 5.32 Å². The summed E-state index contributed by atoms with van der Waals surface area (Å²) in [5, 5.41) is 8.45. The molecule has 0 radical (unpaired) electrons. The molecule has 1 heterocycles. The Morgan fingerprint density at radius 1 is 1.28 bits per heavy atom. The molecular weight excluding hydrogens is 246 g/mol. The van der Waals surface area contributed by atoms with Gasteiger partial charge in [-0.05, 0) is 38.1 Å². The predicted molar refractivity (Wildman–Crippen MR) is 76.1 cm³/mol. The maximum atomic E-state index is 6.17. The van der Waals surface area contributed by atoms with E-state index in [0.717, 1.165) is 40.5 Å². The number of nitrogens with zero attached hydrogens (tertiary/aromatic N) is 2. The Morgan fingerprint density at radius 2 is 2.06 bits per heavy atom. The van der Waals surface area contributed by atoms with Gasteiger partial charge in [-0.3, -0.25) is 4.68 Å². The number of hydrogen-bond donors (Lipinski definition) is 1. The van der Waals surface area contributed by atoms with Crippen LogP contribution in [-0.2, 0) is 6.54 Å². The van der Waals surface area contributed by atoms with Crippen molar-refractivity contribution in [3.05, 3.63) is 40.7 Å². The SMILES string of the molecule is CNCCn1cc(-c2cccc(Cl)c2C)c(C)n1. The standard InChI is InChI=1S/C14H18ClN3/c1-10-12(5-4-6-14(10)15)13-9-18(8-7-16-3)17-11(13)2/h4-6,9,16H,7-8H2,1-3H3. The van der Waals surface area contributed by atoms with E-state index in [-0.39, 0.29) is 0 Å². The lowest BCUT2D eigenvalue weighted by Gasteiger charge is -2.05. The highest BCUT2D eigenvalue weighted by Gasteiger charge is 2.10. The zero-order chi connectivity index (χ0) is 13.1. The molecule has 4 heteroatoms. The summed E-state index contributed by atoms with van der Waals surface area (Å²) in [6, 6.07) is 5.99. The van der Waals surface area contributed by atoms with Crippen LogP contribution in [0.2, 0.25) is 5.02 Å². The first kappa shape index (κ1) is 13.1. The number of nitrogens with one attached hydrogen (secondary N) is 1. The first-order valence-electron chi connectivity index (χ1n) is 6.07. The Balaban J connectivity index is 2.38. The highest BCUT2D eigenvalue weighted by atomic mass is 35.5. The second kappa shape index (κ2) is 5.55. The van der Waals surface area contributed by atoms with Gasteiger partial charge in [0.1, 0.15) is 0 Å². The molecule has 18 heavy (non-hydrogen) atoms. The summed E-state index contributed by atoms with van der Waals surface area (Å²) >= 11 is 6.17. The van der Waals surface area contributed by atoms with Crippen LogP contribution in [0.3, 0.4) is 0 Å². The molecule has 2 rings (SSSR count). The van der Waals surface area contributed by atoms with Gasteiger partial charge in [0.05, 0.1) is 12.2 Å². The average Bonchev–Trinajstić information content (AvgIpc) is 2.71. The third-order valence-corrected chi connectivity index (χ3v) is 3.50. The lowest BCUT2D eigenvalue weighted by Crippen LogP contribution is -2.15. The van der Waals surface area contributed by atoms with Crippen LogP contribution in [0, 0.1) is 13.8 Å². The first-order valence-corrected chi connectivity index (χ1v) is 6.45. The molecule has 0 aliphatic rings. The van der Waals surface area contributed by atoms with Gasteiger partial charge in [-0.1, -0.05) is 23.7 Å². The van der Waals surface area contributed by atoms with Crippen molar-refractivity contribution in [2.75, 3.05) is 13.6 Å². The van der Waals surface area contributed by atoms with E-state index in [9.17, 15) is 0 Å². The molecule has 96 valence electrons. The van der Waals surface area contributed by atoms with Gasteiger partial charge in [-0.2, -0.15) is 5.10 Å². The lowest BCUT2D eigenvalue weighted by molar-refractivity contribution is 0.581. The van der Waals surface area contributed by atoms with Crippen LogP contribution in [0.5, 0.6) is 0 Å². The van der Waals surface area contributed by atoms with Gasteiger partial charge in [0.15, 0.2) is 0 Å². The average molecular weight is 264 g/mol. The molecule has 0 unspecified atom stereocenters. The maximum absolute atomic E-state index is 6.17. The van der Waals surface area contributed by atoms with E-state index in [1.54, 1.807) is 0 Å². The van der Waals surface area contributed by atoms with Crippen LogP contribution in [0.1, 0.15) is 11.3 Å². The third kappa shape index (κ3) is 2.57. The lowest BCUT2D eigenvalue weighted by atomic mass is 10.0. The smallest absolute Gasteiger partial charge is 0.0672 e. The molecule has 1 aromatic heterocycles. The number of benzene rings is 1. The quantitative estimate of drug-likeness (QED) is 0.919. The normalized spacial score (nSPS) is 10.9. The summed E-state index contributed by atoms with van der Waals surface area (Å²) in [7, 11) is 1.94. The summed E-state index contributed by atoms with van der Waals surface area (Å²) in [6.45, 7) is 5.86. The molecule has 0 aliphatic heterocycles. The topological polar surface area (TPSA) is 29.9 Å². The van der Waals surface area contributed by atoms with Crippen LogP contribution in [0.4, 0.5) is 0 Å². The highest BCUT2D eigenvalue weighted by Crippen LogP contribution is 2.29. The number of aromatic nitrogens is 2. The maximum Gasteiger partial charge on any atom is 0.0672 e. The monoisotopic (exact) mass is 263 g/mol. The van der Waals surface area contributed by atoms with E-state index < -0.39 is 0 Å². The van der Waals surface area contributed by atoms with Crippen LogP contribution in [0.25, 0.3) is 11.1 Å². The van der Waals surface area contributed by atoms with Crippen LogP contribution >= 0.6 is 11.6 Å². The summed E-state index contributed by atoms with van der Waals surface area (Å²) in [5.74, 6) is 0. The molecule has 0 aliphatic carbocycles. The molecule has 0 spiro atoms. The molecule has 0 atom stereocenters. The molecule has 1 N–H and O–H groups in total. The van der Waals surface area contributed by atoms with E-state index in [1.807, 2.05) is 37.7 Å². The van der Waals surface area contributed by atoms with Crippen LogP contribution in [-0.4, -0.2) is 23.4 Å². The van der Waals surface area contributed by atoms with Gasteiger partial charge in [-0.25, -0.2) is 0 Å². The number of likely N-dealkylation sites (N-methyl/N-ethyl adjacent to an activating group) is 1. The number of hydrogen-bond acceptors (Lipinski definition) is 2. The molecule has 0 saturated heterocycles. The van der Waals surface area contributed by atoms with Crippen molar-refractivity contribution >= 4 is 11.6 Å². The minimum atomic E-state index is 0.801. The summed E-state index contributed by atoms with van der Waals surface area (Å²) in [6.07, 6.45) is 2.09. The summed E-state index contributed by atoms with van der Waals surface area (Å²) in [5.41, 5.74) is 4.47. The van der Waals surface area contributed by atoms with Crippen molar-refractivity contribution < 1.29 is 0 Å². The first-order chi connectivity index (χ1) is 8.63. The fourth-order valence-corrected chi connectivity index (χ4v) is 2.20. The van der Waals surface area contributed by atoms with Gasteiger partial charge < -0.3 is 5.32 Å². The van der Waals surface area contributed by atoms with Crippen molar-refractivity contribution in [1.29, 1.82) is 0 Å². The second-order valence-corrected chi connectivity index (χ2v) is 4.81. The van der Waals surface area contributed by atoms with E-state index in [0.29, 0.717) is 0 Å². The number of halogens is 1. The third-order valence-electron chi connectivity index (χ3n) is 3.10. The summed E-state index contributed by atoms with van der Waals surface area (Å²) < 4.78 is 1.97. The number of rotatable bonds is 4. The van der Waals surface area contributed by atoms with Gasteiger partial charge in [0.2, 0.25) is 0 Å². The molecule has 0 amide bonds. The van der Waals surface area contributed by atoms with E-state index in [2.05, 4.69) is 22.7 Å². The van der Waals surface area contributed by atoms with Gasteiger partial charge in [-0.15, -0.1) is 0 Å². The van der Waals surface area contributed by atoms with Crippen molar-refractivity contribution in [3.63, 3.8) is 0 Å². The van der Waals surface area contributed by atoms with Crippen molar-refractivity contribution in [2.24, 2.45) is 0 Å². The molecule has 1 aromatic carbocycles.